The highest BCUT2D eigenvalue weighted by Crippen LogP contribution is 2.41. The van der Waals surface area contributed by atoms with Gasteiger partial charge in [-0.1, -0.05) is 12.1 Å². The number of ether oxygens (including phenoxy) is 1. The molecule has 3 aliphatic rings. The van der Waals surface area contributed by atoms with Crippen molar-refractivity contribution in [3.8, 4) is 0 Å². The standard InChI is InChI=1S/C38H44F2N8O4/c1-24-29(20-42-48(24)28-11-13-45(4)14-12-28)35(49)43-27-7-5-25(6-8-27)19-41-36(50)33-9-10-34-38(22-52-23-38)46(15-16-47(33)34)21-30-31(39)17-26(18-32(30)40)37(51)44(2)3/h5-10,17-18,20,28H,11-16,19,21-23H2,1-4H3,(H,41,50)(H,43,49). The number of nitrogens with one attached hydrogen (secondary N) is 2. The molecule has 4 aromatic rings. The average Bonchev–Trinajstić information content (AvgIpc) is 3.72. The van der Waals surface area contributed by atoms with Crippen molar-refractivity contribution >= 4 is 23.4 Å². The lowest BCUT2D eigenvalue weighted by Crippen LogP contribution is -2.63. The van der Waals surface area contributed by atoms with Gasteiger partial charge in [0.15, 0.2) is 0 Å². The highest BCUT2D eigenvalue weighted by atomic mass is 19.1. The molecule has 0 radical (unpaired) electrons. The van der Waals surface area contributed by atoms with Crippen LogP contribution in [-0.4, -0.2) is 101 Å². The number of amides is 3. The molecule has 1 spiro atoms. The van der Waals surface area contributed by atoms with Crippen LogP contribution in [0.3, 0.4) is 0 Å². The van der Waals surface area contributed by atoms with E-state index in [1.54, 1.807) is 12.3 Å². The van der Waals surface area contributed by atoms with Gasteiger partial charge in [-0.2, -0.15) is 5.10 Å². The van der Waals surface area contributed by atoms with E-state index in [9.17, 15) is 14.4 Å². The monoisotopic (exact) mass is 714 g/mol. The first-order chi connectivity index (χ1) is 24.9. The molecule has 5 heterocycles. The second-order valence-electron chi connectivity index (χ2n) is 14.3. The Hall–Kier alpha value is -4.92. The fourth-order valence-electron chi connectivity index (χ4n) is 7.52. The quantitative estimate of drug-likeness (QED) is 0.268. The number of halogens is 2. The molecule has 0 bridgehead atoms. The van der Waals surface area contributed by atoms with E-state index < -0.39 is 23.1 Å². The Balaban J connectivity index is 0.971. The van der Waals surface area contributed by atoms with Gasteiger partial charge in [0, 0.05) is 68.5 Å². The van der Waals surface area contributed by atoms with Gasteiger partial charge in [-0.05, 0) is 81.9 Å². The number of aromatic nitrogens is 3. The van der Waals surface area contributed by atoms with Crippen LogP contribution in [0.4, 0.5) is 14.5 Å². The van der Waals surface area contributed by atoms with Gasteiger partial charge < -0.3 is 29.7 Å². The van der Waals surface area contributed by atoms with Crippen LogP contribution >= 0.6 is 0 Å². The summed E-state index contributed by atoms with van der Waals surface area (Å²) in [6.45, 7) is 5.74. The zero-order valence-corrected chi connectivity index (χ0v) is 29.9. The highest BCUT2D eigenvalue weighted by molar-refractivity contribution is 6.05. The fraction of sp³-hybridized carbons (Fsp3) is 0.421. The maximum absolute atomic E-state index is 15.2. The average molecular weight is 715 g/mol. The number of rotatable bonds is 9. The van der Waals surface area contributed by atoms with Crippen LogP contribution in [0.5, 0.6) is 0 Å². The largest absolute Gasteiger partial charge is 0.377 e. The Kier molecular flexibility index (Phi) is 9.72. The fourth-order valence-corrected chi connectivity index (χ4v) is 7.52. The summed E-state index contributed by atoms with van der Waals surface area (Å²) in [5, 5.41) is 10.5. The summed E-state index contributed by atoms with van der Waals surface area (Å²) < 4.78 is 39.9. The van der Waals surface area contributed by atoms with Crippen LogP contribution in [0.2, 0.25) is 0 Å². The van der Waals surface area contributed by atoms with Gasteiger partial charge in [0.1, 0.15) is 22.9 Å². The minimum Gasteiger partial charge on any atom is -0.377 e. The molecule has 14 heteroatoms. The first kappa shape index (κ1) is 35.5. The molecule has 3 amide bonds. The summed E-state index contributed by atoms with van der Waals surface area (Å²) in [5.74, 6) is -2.49. The number of fused-ring (bicyclic) bond motifs is 2. The molecule has 2 aromatic carbocycles. The van der Waals surface area contributed by atoms with Gasteiger partial charge in [0.2, 0.25) is 0 Å². The van der Waals surface area contributed by atoms with E-state index in [2.05, 4.69) is 27.7 Å². The van der Waals surface area contributed by atoms with Crippen LogP contribution in [0.25, 0.3) is 0 Å². The number of hydrogen-bond donors (Lipinski definition) is 2. The predicted molar refractivity (Wildman–Crippen MR) is 190 cm³/mol. The van der Waals surface area contributed by atoms with Gasteiger partial charge >= 0.3 is 0 Å². The van der Waals surface area contributed by atoms with E-state index in [-0.39, 0.29) is 36.0 Å². The van der Waals surface area contributed by atoms with Crippen LogP contribution in [0.1, 0.15) is 72.6 Å². The zero-order chi connectivity index (χ0) is 36.7. The number of nitrogens with zero attached hydrogens (tertiary/aromatic N) is 6. The zero-order valence-electron chi connectivity index (χ0n) is 29.9. The molecule has 0 aliphatic carbocycles. The normalized spacial score (nSPS) is 17.4. The van der Waals surface area contributed by atoms with Crippen molar-refractivity contribution in [1.29, 1.82) is 0 Å². The Morgan fingerprint density at radius 2 is 1.65 bits per heavy atom. The molecular formula is C38H44F2N8O4. The van der Waals surface area contributed by atoms with Crippen molar-refractivity contribution in [2.75, 3.05) is 59.3 Å². The second kappa shape index (κ2) is 14.2. The Bertz CT molecular complexity index is 1970. The van der Waals surface area contributed by atoms with E-state index in [4.69, 9.17) is 4.74 Å². The van der Waals surface area contributed by atoms with Gasteiger partial charge in [0.05, 0.1) is 31.0 Å². The molecule has 0 atom stereocenters. The number of anilines is 1. The van der Waals surface area contributed by atoms with Crippen molar-refractivity contribution in [2.24, 2.45) is 0 Å². The van der Waals surface area contributed by atoms with Gasteiger partial charge in [-0.15, -0.1) is 0 Å². The lowest BCUT2D eigenvalue weighted by molar-refractivity contribution is -0.163. The molecule has 2 N–H and O–H groups in total. The molecular weight excluding hydrogens is 670 g/mol. The van der Waals surface area contributed by atoms with Crippen molar-refractivity contribution in [3.63, 3.8) is 0 Å². The van der Waals surface area contributed by atoms with Crippen molar-refractivity contribution in [2.45, 2.75) is 51.0 Å². The molecule has 3 aliphatic heterocycles. The predicted octanol–water partition coefficient (Wildman–Crippen LogP) is 4.16. The van der Waals surface area contributed by atoms with E-state index >= 15 is 8.78 Å². The molecule has 52 heavy (non-hydrogen) atoms. The van der Waals surface area contributed by atoms with Crippen LogP contribution in [0, 0.1) is 18.6 Å². The van der Waals surface area contributed by atoms with Gasteiger partial charge in [-0.3, -0.25) is 24.0 Å². The molecule has 274 valence electrons. The van der Waals surface area contributed by atoms with Crippen LogP contribution in [-0.2, 0) is 29.9 Å². The third-order valence-electron chi connectivity index (χ3n) is 10.7. The Morgan fingerprint density at radius 3 is 2.29 bits per heavy atom. The molecule has 0 saturated carbocycles. The SMILES string of the molecule is Cc1c(C(=O)Nc2ccc(CNC(=O)c3ccc4n3CCN(Cc3c(F)cc(C(=O)N(C)C)cc3F)C43COC3)cc2)cnn1C1CCN(C)CC1. The topological polar surface area (TPSA) is 117 Å². The van der Waals surface area contributed by atoms with E-state index in [1.165, 1.54) is 19.0 Å². The molecule has 7 rings (SSSR count). The second-order valence-corrected chi connectivity index (χ2v) is 14.3. The number of piperidine rings is 1. The smallest absolute Gasteiger partial charge is 0.268 e. The number of benzene rings is 2. The van der Waals surface area contributed by atoms with Crippen LogP contribution in [0.15, 0.2) is 54.7 Å². The minimum absolute atomic E-state index is 0.0116. The molecule has 2 aromatic heterocycles. The summed E-state index contributed by atoms with van der Waals surface area (Å²) in [4.78, 5) is 44.4. The van der Waals surface area contributed by atoms with Crippen molar-refractivity contribution in [1.82, 2.24) is 34.4 Å². The Morgan fingerprint density at radius 1 is 0.962 bits per heavy atom. The maximum atomic E-state index is 15.2. The third kappa shape index (κ3) is 6.61. The van der Waals surface area contributed by atoms with Gasteiger partial charge in [0.25, 0.3) is 17.7 Å². The van der Waals surface area contributed by atoms with Crippen LogP contribution < -0.4 is 10.6 Å². The number of hydrogen-bond acceptors (Lipinski definition) is 7. The van der Waals surface area contributed by atoms with Gasteiger partial charge in [-0.25, -0.2) is 8.78 Å². The summed E-state index contributed by atoms with van der Waals surface area (Å²) in [6, 6.07) is 13.4. The maximum Gasteiger partial charge on any atom is 0.268 e. The number of carbonyl (C=O) groups is 3. The third-order valence-corrected chi connectivity index (χ3v) is 10.7. The van der Waals surface area contributed by atoms with E-state index in [0.717, 1.165) is 55.0 Å². The Labute approximate surface area is 301 Å². The summed E-state index contributed by atoms with van der Waals surface area (Å²) in [6.07, 6.45) is 3.64. The number of carbonyl (C=O) groups excluding carboxylic acids is 3. The number of likely N-dealkylation sites (tertiary alicyclic amines) is 1. The molecule has 2 fully saturated rings. The summed E-state index contributed by atoms with van der Waals surface area (Å²) in [7, 11) is 5.17. The lowest BCUT2D eigenvalue weighted by atomic mass is 9.88. The highest BCUT2D eigenvalue weighted by Gasteiger charge is 2.50. The molecule has 0 unspecified atom stereocenters. The van der Waals surface area contributed by atoms with Crippen molar-refractivity contribution in [3.05, 3.63) is 106 Å². The van der Waals surface area contributed by atoms with Crippen molar-refractivity contribution < 1.29 is 27.9 Å². The first-order valence-electron chi connectivity index (χ1n) is 17.6. The summed E-state index contributed by atoms with van der Waals surface area (Å²) >= 11 is 0. The molecule has 2 saturated heterocycles. The summed E-state index contributed by atoms with van der Waals surface area (Å²) in [5.41, 5.74) is 3.45. The lowest BCUT2D eigenvalue weighted by Gasteiger charge is -2.52. The van der Waals surface area contributed by atoms with E-state index in [1.807, 2.05) is 51.4 Å². The minimum atomic E-state index is -0.775. The first-order valence-corrected chi connectivity index (χ1v) is 17.6. The van der Waals surface area contributed by atoms with E-state index in [0.29, 0.717) is 49.3 Å². The molecule has 12 nitrogen and oxygen atoms in total.